The van der Waals surface area contributed by atoms with Crippen LogP contribution in [0.15, 0.2) is 18.2 Å². The number of benzene rings is 1. The molecule has 0 bridgehead atoms. The molecule has 1 aromatic rings. The first-order valence-corrected chi connectivity index (χ1v) is 8.43. The molecule has 144 valence electrons. The summed E-state index contributed by atoms with van der Waals surface area (Å²) in [7, 11) is 0. The van der Waals surface area contributed by atoms with E-state index in [1.54, 1.807) is 13.8 Å². The van der Waals surface area contributed by atoms with Crippen LogP contribution in [-0.2, 0) is 14.2 Å². The highest BCUT2D eigenvalue weighted by atomic mass is 32.1. The van der Waals surface area contributed by atoms with Crippen molar-refractivity contribution in [3.05, 3.63) is 29.8 Å². The molecule has 1 aromatic carbocycles. The first-order chi connectivity index (χ1) is 12.2. The number of nitrogens with one attached hydrogen (secondary N) is 2. The Morgan fingerprint density at radius 1 is 1.35 bits per heavy atom. The third-order valence-electron chi connectivity index (χ3n) is 4.13. The highest BCUT2D eigenvalue weighted by Gasteiger charge is 2.56. The molecule has 5 atom stereocenters. The van der Waals surface area contributed by atoms with Gasteiger partial charge in [0.15, 0.2) is 17.2 Å². The van der Waals surface area contributed by atoms with Gasteiger partial charge >= 0.3 is 0 Å². The molecule has 0 spiro atoms. The Morgan fingerprint density at radius 2 is 2.08 bits per heavy atom. The molecule has 0 amide bonds. The number of anilines is 1. The lowest BCUT2D eigenvalue weighted by Crippen LogP contribution is -2.53. The Hall–Kier alpha value is -1.43. The maximum absolute atomic E-state index is 13.8. The number of halogens is 2. The molecular weight excluding hydrogens is 370 g/mol. The zero-order valence-corrected chi connectivity index (χ0v) is 14.9. The van der Waals surface area contributed by atoms with Crippen molar-refractivity contribution in [2.24, 2.45) is 0 Å². The maximum Gasteiger partial charge on any atom is 0.189 e. The molecule has 2 fully saturated rings. The summed E-state index contributed by atoms with van der Waals surface area (Å²) in [5.74, 6) is -2.39. The molecule has 10 heteroatoms. The fourth-order valence-corrected chi connectivity index (χ4v) is 3.28. The summed E-state index contributed by atoms with van der Waals surface area (Å²) in [5, 5.41) is 24.8. The fourth-order valence-electron chi connectivity index (χ4n) is 3.03. The lowest BCUT2D eigenvalue weighted by molar-refractivity contribution is -0.218. The van der Waals surface area contributed by atoms with Gasteiger partial charge in [-0.05, 0) is 38.2 Å². The van der Waals surface area contributed by atoms with Gasteiger partial charge in [-0.2, -0.15) is 0 Å². The molecule has 4 N–H and O–H groups in total. The van der Waals surface area contributed by atoms with Crippen LogP contribution in [0.25, 0.3) is 0 Å². The lowest BCUT2D eigenvalue weighted by Gasteiger charge is -2.29. The molecule has 2 aliphatic heterocycles. The minimum atomic E-state index is -1.20. The molecule has 0 unspecified atom stereocenters. The molecule has 0 aliphatic carbocycles. The van der Waals surface area contributed by atoms with E-state index in [-0.39, 0.29) is 10.8 Å². The molecule has 0 saturated carbocycles. The molecule has 3 rings (SSSR count). The largest absolute Gasteiger partial charge is 0.394 e. The van der Waals surface area contributed by atoms with Crippen LogP contribution in [0.4, 0.5) is 14.5 Å². The van der Waals surface area contributed by atoms with Gasteiger partial charge in [-0.25, -0.2) is 8.78 Å². The van der Waals surface area contributed by atoms with Crippen LogP contribution in [0.2, 0.25) is 0 Å². The van der Waals surface area contributed by atoms with E-state index in [2.05, 4.69) is 10.6 Å². The van der Waals surface area contributed by atoms with Crippen LogP contribution in [0, 0.1) is 11.6 Å². The van der Waals surface area contributed by atoms with Crippen LogP contribution in [0.5, 0.6) is 0 Å². The smallest absolute Gasteiger partial charge is 0.189 e. The fraction of sp³-hybridized carbons (Fsp3) is 0.562. The Balaban J connectivity index is 1.72. The van der Waals surface area contributed by atoms with E-state index < -0.39 is 54.7 Å². The average Bonchev–Trinajstić information content (AvgIpc) is 3.02. The van der Waals surface area contributed by atoms with Crippen molar-refractivity contribution >= 4 is 23.0 Å². The van der Waals surface area contributed by atoms with Gasteiger partial charge in [0.1, 0.15) is 29.9 Å². The average molecular weight is 390 g/mol. The predicted molar refractivity (Wildman–Crippen MR) is 91.3 cm³/mol. The highest BCUT2D eigenvalue weighted by molar-refractivity contribution is 7.80. The molecule has 0 aromatic heterocycles. The minimum Gasteiger partial charge on any atom is -0.394 e. The quantitative estimate of drug-likeness (QED) is 0.563. The third kappa shape index (κ3) is 3.95. The topological polar surface area (TPSA) is 92.2 Å². The summed E-state index contributed by atoms with van der Waals surface area (Å²) in [5.41, 5.74) is -0.0115. The molecule has 0 radical (unpaired) electrons. The van der Waals surface area contributed by atoms with Gasteiger partial charge in [0.25, 0.3) is 0 Å². The second kappa shape index (κ2) is 7.29. The standard InChI is InChI=1S/C16H20F2N2O5S/c1-16(2)24-13-11(12(10(22)6-21)23-14(13)25-16)20-15(26)19-9-4-3-7(17)5-8(9)18/h3-5,10-14,21-22H,6H2,1-2H3,(H2,19,20,26)/t10-,11+,12-,13-,14-/m1/s1. The summed E-state index contributed by atoms with van der Waals surface area (Å²) in [6.07, 6.45) is -3.41. The molecule has 2 aliphatic rings. The molecule has 7 nitrogen and oxygen atoms in total. The van der Waals surface area contributed by atoms with Gasteiger partial charge in [-0.3, -0.25) is 0 Å². The van der Waals surface area contributed by atoms with Gasteiger partial charge in [-0.15, -0.1) is 0 Å². The molecular formula is C16H20F2N2O5S. The number of aliphatic hydroxyl groups excluding tert-OH is 2. The monoisotopic (exact) mass is 390 g/mol. The van der Waals surface area contributed by atoms with Crippen molar-refractivity contribution in [1.82, 2.24) is 5.32 Å². The normalized spacial score (nSPS) is 30.7. The van der Waals surface area contributed by atoms with Gasteiger partial charge in [-0.1, -0.05) is 0 Å². The first kappa shape index (κ1) is 19.3. The predicted octanol–water partition coefficient (Wildman–Crippen LogP) is 0.849. The number of hydrogen-bond acceptors (Lipinski definition) is 6. The second-order valence-electron chi connectivity index (χ2n) is 6.57. The van der Waals surface area contributed by atoms with Crippen LogP contribution in [0.1, 0.15) is 13.8 Å². The number of aliphatic hydroxyl groups is 2. The van der Waals surface area contributed by atoms with Gasteiger partial charge in [0.2, 0.25) is 0 Å². The van der Waals surface area contributed by atoms with Crippen molar-refractivity contribution in [1.29, 1.82) is 0 Å². The molecule has 2 heterocycles. The SMILES string of the molecule is CC1(C)O[C@H]2O[C@H]([C@H](O)CO)[C@H](NC(=S)Nc3ccc(F)cc3F)[C@H]2O1. The van der Waals surface area contributed by atoms with Gasteiger partial charge in [0.05, 0.1) is 18.3 Å². The summed E-state index contributed by atoms with van der Waals surface area (Å²) < 4.78 is 43.8. The third-order valence-corrected chi connectivity index (χ3v) is 4.35. The van der Waals surface area contributed by atoms with Crippen LogP contribution < -0.4 is 10.6 Å². The number of thiocarbonyl (C=S) groups is 1. The number of ether oxygens (including phenoxy) is 3. The van der Waals surface area contributed by atoms with E-state index >= 15 is 0 Å². The van der Waals surface area contributed by atoms with Crippen molar-refractivity contribution in [3.8, 4) is 0 Å². The van der Waals surface area contributed by atoms with E-state index in [0.717, 1.165) is 12.1 Å². The maximum atomic E-state index is 13.8. The van der Waals surface area contributed by atoms with E-state index in [4.69, 9.17) is 26.4 Å². The molecule has 2 saturated heterocycles. The Kier molecular flexibility index (Phi) is 5.42. The number of fused-ring (bicyclic) bond motifs is 1. The highest BCUT2D eigenvalue weighted by Crippen LogP contribution is 2.38. The van der Waals surface area contributed by atoms with Crippen molar-refractivity contribution in [2.75, 3.05) is 11.9 Å². The van der Waals surface area contributed by atoms with Gasteiger partial charge < -0.3 is 35.1 Å². The Morgan fingerprint density at radius 3 is 2.73 bits per heavy atom. The van der Waals surface area contributed by atoms with Crippen molar-refractivity contribution in [3.63, 3.8) is 0 Å². The number of rotatable bonds is 4. The number of hydrogen-bond donors (Lipinski definition) is 4. The van der Waals surface area contributed by atoms with Crippen molar-refractivity contribution in [2.45, 2.75) is 50.3 Å². The molecule has 26 heavy (non-hydrogen) atoms. The zero-order valence-electron chi connectivity index (χ0n) is 14.1. The summed E-state index contributed by atoms with van der Waals surface area (Å²) in [6.45, 7) is 2.90. The van der Waals surface area contributed by atoms with E-state index in [1.165, 1.54) is 6.07 Å². The van der Waals surface area contributed by atoms with Crippen LogP contribution >= 0.6 is 12.2 Å². The summed E-state index contributed by atoms with van der Waals surface area (Å²) in [4.78, 5) is 0. The Labute approximate surface area is 154 Å². The first-order valence-electron chi connectivity index (χ1n) is 8.03. The van der Waals surface area contributed by atoms with Gasteiger partial charge in [0, 0.05) is 6.07 Å². The lowest BCUT2D eigenvalue weighted by atomic mass is 10.0. The van der Waals surface area contributed by atoms with Crippen LogP contribution in [-0.4, -0.2) is 58.4 Å². The van der Waals surface area contributed by atoms with E-state index in [0.29, 0.717) is 0 Å². The zero-order chi connectivity index (χ0) is 19.1. The van der Waals surface area contributed by atoms with E-state index in [1.807, 2.05) is 0 Å². The Bertz CT molecular complexity index is 693. The summed E-state index contributed by atoms with van der Waals surface area (Å²) in [6, 6.07) is 2.38. The summed E-state index contributed by atoms with van der Waals surface area (Å²) >= 11 is 5.18. The van der Waals surface area contributed by atoms with Crippen molar-refractivity contribution < 1.29 is 33.2 Å². The van der Waals surface area contributed by atoms with E-state index in [9.17, 15) is 19.0 Å². The second-order valence-corrected chi connectivity index (χ2v) is 6.98. The minimum absolute atomic E-state index is 0.0115. The van der Waals surface area contributed by atoms with Crippen LogP contribution in [0.3, 0.4) is 0 Å².